The van der Waals surface area contributed by atoms with Crippen LogP contribution in [0.4, 0.5) is 17.6 Å². The Labute approximate surface area is 106 Å². The molecule has 0 unspecified atom stereocenters. The molecule has 5 N–H and O–H groups in total. The molecule has 0 saturated heterocycles. The summed E-state index contributed by atoms with van der Waals surface area (Å²) in [5.74, 6) is 0.483. The maximum atomic E-state index is 10.4. The molecule has 0 fully saturated rings. The number of unbranched alkanes of at least 4 members (excludes halogenated alkanes) is 1. The van der Waals surface area contributed by atoms with E-state index in [1.165, 1.54) is 0 Å². The number of carboxylic acid groups (broad SMARTS) is 1. The number of aliphatic carboxylic acids is 1. The molecule has 0 aliphatic rings. The van der Waals surface area contributed by atoms with Gasteiger partial charge in [-0.2, -0.15) is 9.97 Å². The lowest BCUT2D eigenvalue weighted by Gasteiger charge is -2.08. The monoisotopic (exact) mass is 253 g/mol. The van der Waals surface area contributed by atoms with Crippen molar-refractivity contribution >= 4 is 23.6 Å². The molecule has 0 spiro atoms. The van der Waals surface area contributed by atoms with E-state index in [0.717, 1.165) is 19.4 Å². The fraction of sp³-hybridized carbons (Fsp3) is 0.545. The number of rotatable bonds is 8. The normalized spacial score (nSPS) is 10.1. The summed E-state index contributed by atoms with van der Waals surface area (Å²) in [6, 6.07) is 1.72. The number of nitrogens with two attached hydrogens (primary N) is 1. The number of hydrogen-bond donors (Lipinski definition) is 4. The average molecular weight is 253 g/mol. The van der Waals surface area contributed by atoms with Crippen LogP contribution in [-0.4, -0.2) is 34.1 Å². The van der Waals surface area contributed by atoms with Gasteiger partial charge in [0.05, 0.1) is 6.42 Å². The highest BCUT2D eigenvalue weighted by Gasteiger charge is 2.02. The molecule has 0 saturated carbocycles. The molecule has 1 aromatic rings. The van der Waals surface area contributed by atoms with Crippen LogP contribution in [-0.2, 0) is 4.79 Å². The number of aromatic nitrogens is 2. The molecule has 0 aliphatic heterocycles. The largest absolute Gasteiger partial charge is 0.481 e. The van der Waals surface area contributed by atoms with Crippen molar-refractivity contribution in [3.63, 3.8) is 0 Å². The zero-order chi connectivity index (χ0) is 13.4. The first-order chi connectivity index (χ1) is 8.61. The predicted molar refractivity (Wildman–Crippen MR) is 70.6 cm³/mol. The molecule has 0 radical (unpaired) electrons. The molecule has 1 heterocycles. The number of hydrogen-bond acceptors (Lipinski definition) is 6. The standard InChI is InChI=1S/C11H19N5O2/c1-2-3-5-13-8-7-9(16-11(12)15-8)14-6-4-10(17)18/h7H,2-6H2,1H3,(H,17,18)(H4,12,13,14,15,16). The summed E-state index contributed by atoms with van der Waals surface area (Å²) in [6.07, 6.45) is 2.17. The highest BCUT2D eigenvalue weighted by molar-refractivity contribution is 5.67. The Balaban J connectivity index is 2.54. The summed E-state index contributed by atoms with van der Waals surface area (Å²) < 4.78 is 0. The summed E-state index contributed by atoms with van der Waals surface area (Å²) in [5, 5.41) is 14.6. The molecule has 0 atom stereocenters. The van der Waals surface area contributed by atoms with Gasteiger partial charge in [-0.3, -0.25) is 4.79 Å². The first kappa shape index (κ1) is 14.0. The second-order valence-corrected chi connectivity index (χ2v) is 3.85. The molecule has 7 heteroatoms. The van der Waals surface area contributed by atoms with Crippen molar-refractivity contribution < 1.29 is 9.90 Å². The summed E-state index contributed by atoms with van der Waals surface area (Å²) in [4.78, 5) is 18.4. The van der Waals surface area contributed by atoms with Crippen LogP contribution in [0.1, 0.15) is 26.2 Å². The Bertz CT molecular complexity index is 397. The Morgan fingerprint density at radius 2 is 1.94 bits per heavy atom. The van der Waals surface area contributed by atoms with Gasteiger partial charge in [0.15, 0.2) is 0 Å². The molecule has 100 valence electrons. The Morgan fingerprint density at radius 1 is 1.33 bits per heavy atom. The quantitative estimate of drug-likeness (QED) is 0.514. The molecule has 7 nitrogen and oxygen atoms in total. The van der Waals surface area contributed by atoms with Gasteiger partial charge >= 0.3 is 5.97 Å². The molecule has 0 bridgehead atoms. The third-order valence-corrected chi connectivity index (χ3v) is 2.22. The highest BCUT2D eigenvalue weighted by atomic mass is 16.4. The molecular formula is C11H19N5O2. The van der Waals surface area contributed by atoms with E-state index in [2.05, 4.69) is 27.5 Å². The third-order valence-electron chi connectivity index (χ3n) is 2.22. The number of nitrogens with one attached hydrogen (secondary N) is 2. The van der Waals surface area contributed by atoms with E-state index in [9.17, 15) is 4.79 Å². The molecule has 18 heavy (non-hydrogen) atoms. The van der Waals surface area contributed by atoms with Crippen LogP contribution in [0, 0.1) is 0 Å². The van der Waals surface area contributed by atoms with Crippen molar-refractivity contribution in [3.05, 3.63) is 6.07 Å². The van der Waals surface area contributed by atoms with Crippen LogP contribution in [0.15, 0.2) is 6.07 Å². The van der Waals surface area contributed by atoms with E-state index in [4.69, 9.17) is 10.8 Å². The zero-order valence-electron chi connectivity index (χ0n) is 10.4. The number of carboxylic acids is 1. The van der Waals surface area contributed by atoms with E-state index < -0.39 is 5.97 Å². The summed E-state index contributed by atoms with van der Waals surface area (Å²) >= 11 is 0. The molecule has 1 aromatic heterocycles. The first-order valence-corrected chi connectivity index (χ1v) is 5.96. The molecule has 0 aromatic carbocycles. The molecule has 0 aliphatic carbocycles. The summed E-state index contributed by atoms with van der Waals surface area (Å²) in [5.41, 5.74) is 5.58. The van der Waals surface area contributed by atoms with Gasteiger partial charge in [-0.05, 0) is 6.42 Å². The lowest BCUT2D eigenvalue weighted by Crippen LogP contribution is -2.11. The third kappa shape index (κ3) is 5.33. The number of anilines is 3. The molecular weight excluding hydrogens is 234 g/mol. The summed E-state index contributed by atoms with van der Waals surface area (Å²) in [7, 11) is 0. The van der Waals surface area contributed by atoms with Crippen LogP contribution in [0.25, 0.3) is 0 Å². The Hall–Kier alpha value is -2.05. The second kappa shape index (κ2) is 7.31. The van der Waals surface area contributed by atoms with Crippen LogP contribution in [0.2, 0.25) is 0 Å². The number of carbonyl (C=O) groups is 1. The van der Waals surface area contributed by atoms with Crippen LogP contribution in [0.5, 0.6) is 0 Å². The lowest BCUT2D eigenvalue weighted by molar-refractivity contribution is -0.136. The fourth-order valence-corrected chi connectivity index (χ4v) is 1.34. The minimum atomic E-state index is -0.856. The maximum Gasteiger partial charge on any atom is 0.305 e. The Morgan fingerprint density at radius 3 is 2.50 bits per heavy atom. The fourth-order valence-electron chi connectivity index (χ4n) is 1.34. The average Bonchev–Trinajstić information content (AvgIpc) is 2.28. The SMILES string of the molecule is CCCCNc1cc(NCCC(=O)O)nc(N)n1. The highest BCUT2D eigenvalue weighted by Crippen LogP contribution is 2.12. The van der Waals surface area contributed by atoms with Crippen molar-refractivity contribution in [2.24, 2.45) is 0 Å². The van der Waals surface area contributed by atoms with Gasteiger partial charge in [-0.1, -0.05) is 13.3 Å². The van der Waals surface area contributed by atoms with E-state index in [-0.39, 0.29) is 12.4 Å². The summed E-state index contributed by atoms with van der Waals surface area (Å²) in [6.45, 7) is 3.23. The van der Waals surface area contributed by atoms with Crippen LogP contribution >= 0.6 is 0 Å². The minimum Gasteiger partial charge on any atom is -0.481 e. The zero-order valence-corrected chi connectivity index (χ0v) is 10.4. The van der Waals surface area contributed by atoms with Crippen molar-refractivity contribution in [2.75, 3.05) is 29.5 Å². The van der Waals surface area contributed by atoms with Gasteiger partial charge in [0.2, 0.25) is 5.95 Å². The van der Waals surface area contributed by atoms with Gasteiger partial charge < -0.3 is 21.5 Å². The minimum absolute atomic E-state index is 0.0303. The first-order valence-electron chi connectivity index (χ1n) is 5.96. The van der Waals surface area contributed by atoms with E-state index in [1.807, 2.05) is 0 Å². The van der Waals surface area contributed by atoms with E-state index in [0.29, 0.717) is 18.2 Å². The predicted octanol–water partition coefficient (Wildman–Crippen LogP) is 1.16. The van der Waals surface area contributed by atoms with Gasteiger partial charge in [0, 0.05) is 19.2 Å². The molecule has 0 amide bonds. The van der Waals surface area contributed by atoms with Crippen molar-refractivity contribution in [3.8, 4) is 0 Å². The van der Waals surface area contributed by atoms with E-state index in [1.54, 1.807) is 6.07 Å². The number of nitrogen functional groups attached to an aromatic ring is 1. The topological polar surface area (TPSA) is 113 Å². The maximum absolute atomic E-state index is 10.4. The van der Waals surface area contributed by atoms with Gasteiger partial charge in [0.1, 0.15) is 11.6 Å². The van der Waals surface area contributed by atoms with Gasteiger partial charge in [-0.15, -0.1) is 0 Å². The molecule has 1 rings (SSSR count). The van der Waals surface area contributed by atoms with Crippen molar-refractivity contribution in [2.45, 2.75) is 26.2 Å². The van der Waals surface area contributed by atoms with Gasteiger partial charge in [-0.25, -0.2) is 0 Å². The van der Waals surface area contributed by atoms with Crippen LogP contribution < -0.4 is 16.4 Å². The second-order valence-electron chi connectivity index (χ2n) is 3.85. The van der Waals surface area contributed by atoms with Gasteiger partial charge in [0.25, 0.3) is 0 Å². The van der Waals surface area contributed by atoms with Crippen LogP contribution in [0.3, 0.4) is 0 Å². The lowest BCUT2D eigenvalue weighted by atomic mass is 10.3. The van der Waals surface area contributed by atoms with E-state index >= 15 is 0 Å². The smallest absolute Gasteiger partial charge is 0.305 e. The van der Waals surface area contributed by atoms with Crippen molar-refractivity contribution in [1.29, 1.82) is 0 Å². The van der Waals surface area contributed by atoms with Crippen molar-refractivity contribution in [1.82, 2.24) is 9.97 Å². The Kier molecular flexibility index (Phi) is 5.69. The number of nitrogens with zero attached hydrogens (tertiary/aromatic N) is 2.